The molecule has 1 unspecified atom stereocenters. The van der Waals surface area contributed by atoms with E-state index < -0.39 is 0 Å². The molecule has 35 heavy (non-hydrogen) atoms. The summed E-state index contributed by atoms with van der Waals surface area (Å²) in [5.41, 5.74) is 9.99. The SMILES string of the molecule is CCn1c(-c2ccncc2)nc2c(N3CCOCC3C)nc(/C(C=Nc3ccccc3)=C/N)nc21. The first-order chi connectivity index (χ1) is 17.2. The van der Waals surface area contributed by atoms with Crippen molar-refractivity contribution in [1.29, 1.82) is 0 Å². The molecule has 3 aromatic heterocycles. The summed E-state index contributed by atoms with van der Waals surface area (Å²) >= 11 is 0. The number of morpholine rings is 1. The Kier molecular flexibility index (Phi) is 6.49. The average molecular weight is 469 g/mol. The van der Waals surface area contributed by atoms with E-state index in [2.05, 4.69) is 33.3 Å². The topological polar surface area (TPSA) is 107 Å². The highest BCUT2D eigenvalue weighted by atomic mass is 16.5. The van der Waals surface area contributed by atoms with Crippen molar-refractivity contribution in [3.63, 3.8) is 0 Å². The van der Waals surface area contributed by atoms with Gasteiger partial charge in [-0.3, -0.25) is 9.98 Å². The lowest BCUT2D eigenvalue weighted by atomic mass is 10.2. The largest absolute Gasteiger partial charge is 0.404 e. The zero-order chi connectivity index (χ0) is 24.2. The number of hydrogen-bond donors (Lipinski definition) is 1. The Bertz CT molecular complexity index is 1360. The number of aliphatic imine (C=N–C) groups is 1. The van der Waals surface area contributed by atoms with Gasteiger partial charge in [-0.15, -0.1) is 0 Å². The van der Waals surface area contributed by atoms with Crippen LogP contribution in [0.2, 0.25) is 0 Å². The van der Waals surface area contributed by atoms with Crippen LogP contribution in [0.5, 0.6) is 0 Å². The molecule has 0 spiro atoms. The van der Waals surface area contributed by atoms with Crippen LogP contribution >= 0.6 is 0 Å². The van der Waals surface area contributed by atoms with E-state index in [-0.39, 0.29) is 6.04 Å². The van der Waals surface area contributed by atoms with Crippen molar-refractivity contribution in [3.8, 4) is 11.4 Å². The number of nitrogens with zero attached hydrogens (tertiary/aromatic N) is 7. The van der Waals surface area contributed by atoms with Crippen LogP contribution in [0.15, 0.2) is 66.1 Å². The molecule has 9 heteroatoms. The van der Waals surface area contributed by atoms with E-state index in [1.54, 1.807) is 18.6 Å². The molecule has 0 aliphatic carbocycles. The number of fused-ring (bicyclic) bond motifs is 1. The van der Waals surface area contributed by atoms with Gasteiger partial charge in [-0.25, -0.2) is 15.0 Å². The third kappa shape index (κ3) is 4.50. The van der Waals surface area contributed by atoms with E-state index in [1.807, 2.05) is 42.5 Å². The summed E-state index contributed by atoms with van der Waals surface area (Å²) < 4.78 is 7.79. The van der Waals surface area contributed by atoms with Crippen LogP contribution in [-0.2, 0) is 11.3 Å². The fourth-order valence-electron chi connectivity index (χ4n) is 4.21. The quantitative estimate of drug-likeness (QED) is 0.429. The van der Waals surface area contributed by atoms with Gasteiger partial charge in [0.25, 0.3) is 0 Å². The number of aryl methyl sites for hydroxylation is 1. The van der Waals surface area contributed by atoms with Gasteiger partial charge in [0.1, 0.15) is 5.82 Å². The molecule has 0 amide bonds. The minimum Gasteiger partial charge on any atom is -0.404 e. The second-order valence-corrected chi connectivity index (χ2v) is 8.29. The lowest BCUT2D eigenvalue weighted by molar-refractivity contribution is 0.0986. The summed E-state index contributed by atoms with van der Waals surface area (Å²) in [4.78, 5) is 25.9. The summed E-state index contributed by atoms with van der Waals surface area (Å²) in [6, 6.07) is 13.8. The molecule has 2 N–H and O–H groups in total. The number of aromatic nitrogens is 5. The van der Waals surface area contributed by atoms with Crippen molar-refractivity contribution in [3.05, 3.63) is 66.9 Å². The Balaban J connectivity index is 1.69. The van der Waals surface area contributed by atoms with E-state index in [9.17, 15) is 0 Å². The first-order valence-electron chi connectivity index (χ1n) is 11.7. The molecule has 1 fully saturated rings. The summed E-state index contributed by atoms with van der Waals surface area (Å²) in [6.45, 7) is 6.89. The van der Waals surface area contributed by atoms with Crippen LogP contribution < -0.4 is 10.6 Å². The summed E-state index contributed by atoms with van der Waals surface area (Å²) in [5, 5.41) is 0. The van der Waals surface area contributed by atoms with Crippen molar-refractivity contribution >= 4 is 34.5 Å². The van der Waals surface area contributed by atoms with E-state index in [4.69, 9.17) is 25.4 Å². The lowest BCUT2D eigenvalue weighted by Crippen LogP contribution is -2.44. The van der Waals surface area contributed by atoms with Crippen molar-refractivity contribution < 1.29 is 4.74 Å². The van der Waals surface area contributed by atoms with Crippen LogP contribution in [-0.4, -0.2) is 56.5 Å². The zero-order valence-corrected chi connectivity index (χ0v) is 19.9. The summed E-state index contributed by atoms with van der Waals surface area (Å²) in [7, 11) is 0. The third-order valence-electron chi connectivity index (χ3n) is 6.02. The number of benzene rings is 1. The molecule has 4 aromatic rings. The van der Waals surface area contributed by atoms with E-state index >= 15 is 0 Å². The monoisotopic (exact) mass is 468 g/mol. The third-order valence-corrected chi connectivity index (χ3v) is 6.02. The second-order valence-electron chi connectivity index (χ2n) is 8.29. The van der Waals surface area contributed by atoms with Gasteiger partial charge in [0.2, 0.25) is 0 Å². The Morgan fingerprint density at radius 3 is 2.66 bits per heavy atom. The molecule has 9 nitrogen and oxygen atoms in total. The maximum atomic E-state index is 6.04. The van der Waals surface area contributed by atoms with Gasteiger partial charge in [0.15, 0.2) is 22.8 Å². The Morgan fingerprint density at radius 2 is 1.94 bits per heavy atom. The number of para-hydroxylation sites is 1. The maximum absolute atomic E-state index is 6.04. The van der Waals surface area contributed by atoms with Gasteiger partial charge in [0, 0.05) is 43.5 Å². The van der Waals surface area contributed by atoms with Gasteiger partial charge in [-0.1, -0.05) is 18.2 Å². The zero-order valence-electron chi connectivity index (χ0n) is 19.9. The number of hydrogen-bond acceptors (Lipinski definition) is 8. The number of anilines is 1. The lowest BCUT2D eigenvalue weighted by Gasteiger charge is -2.34. The molecule has 5 rings (SSSR count). The first-order valence-corrected chi connectivity index (χ1v) is 11.7. The maximum Gasteiger partial charge on any atom is 0.167 e. The molecule has 0 saturated carbocycles. The van der Waals surface area contributed by atoms with Gasteiger partial charge in [-0.05, 0) is 38.1 Å². The van der Waals surface area contributed by atoms with E-state index in [1.165, 1.54) is 6.20 Å². The van der Waals surface area contributed by atoms with Crippen LogP contribution in [0.3, 0.4) is 0 Å². The first kappa shape index (κ1) is 22.7. The van der Waals surface area contributed by atoms with Crippen molar-refractivity contribution in [2.45, 2.75) is 26.4 Å². The number of pyridine rings is 1. The average Bonchev–Trinajstić information content (AvgIpc) is 3.29. The number of allylic oxidation sites excluding steroid dienone is 1. The standard InChI is InChI=1S/C26H28N8O/c1-3-33-24(19-9-11-28-12-10-19)30-22-25(33)31-23(32-26(22)34-13-14-35-17-18(34)2)20(15-27)16-29-21-7-5-4-6-8-21/h4-12,15-16,18H,3,13-14,17,27H2,1-2H3/b20-15+,29-16?. The minimum atomic E-state index is 0.147. The van der Waals surface area contributed by atoms with E-state index in [0.717, 1.165) is 40.6 Å². The van der Waals surface area contributed by atoms with Crippen molar-refractivity contribution in [1.82, 2.24) is 24.5 Å². The Labute approximate surface area is 204 Å². The molecule has 178 valence electrons. The molecule has 1 aliphatic rings. The van der Waals surface area contributed by atoms with Gasteiger partial charge < -0.3 is 19.9 Å². The van der Waals surface area contributed by atoms with Gasteiger partial charge in [-0.2, -0.15) is 0 Å². The molecule has 0 radical (unpaired) electrons. The van der Waals surface area contributed by atoms with Crippen LogP contribution in [0, 0.1) is 0 Å². The molecule has 0 bridgehead atoms. The molecular formula is C26H28N8O. The van der Waals surface area contributed by atoms with Crippen LogP contribution in [0.25, 0.3) is 28.1 Å². The predicted octanol–water partition coefficient (Wildman–Crippen LogP) is 3.84. The summed E-state index contributed by atoms with van der Waals surface area (Å²) in [6.07, 6.45) is 6.74. The molecule has 4 heterocycles. The highest BCUT2D eigenvalue weighted by Crippen LogP contribution is 2.31. The van der Waals surface area contributed by atoms with Crippen LogP contribution in [0.1, 0.15) is 19.7 Å². The number of rotatable bonds is 6. The summed E-state index contributed by atoms with van der Waals surface area (Å²) in [5.74, 6) is 2.11. The predicted molar refractivity (Wildman–Crippen MR) is 139 cm³/mol. The fourth-order valence-corrected chi connectivity index (χ4v) is 4.21. The number of ether oxygens (including phenoxy) is 1. The van der Waals surface area contributed by atoms with Gasteiger partial charge >= 0.3 is 0 Å². The van der Waals surface area contributed by atoms with Crippen molar-refractivity contribution in [2.24, 2.45) is 10.7 Å². The fraction of sp³-hybridized carbons (Fsp3) is 0.269. The highest BCUT2D eigenvalue weighted by molar-refractivity contribution is 6.09. The highest BCUT2D eigenvalue weighted by Gasteiger charge is 2.27. The molecule has 1 aliphatic heterocycles. The Hall–Kier alpha value is -4.11. The molecule has 1 saturated heterocycles. The minimum absolute atomic E-state index is 0.147. The Morgan fingerprint density at radius 1 is 1.14 bits per heavy atom. The van der Waals surface area contributed by atoms with Gasteiger partial charge in [0.05, 0.1) is 30.5 Å². The normalized spacial score (nSPS) is 16.9. The molecule has 1 aromatic carbocycles. The van der Waals surface area contributed by atoms with Crippen LogP contribution in [0.4, 0.5) is 11.5 Å². The second kappa shape index (κ2) is 10.0. The molecular weight excluding hydrogens is 440 g/mol. The molecule has 1 atom stereocenters. The van der Waals surface area contributed by atoms with E-state index in [0.29, 0.717) is 31.2 Å². The smallest absolute Gasteiger partial charge is 0.167 e. The number of nitrogens with two attached hydrogens (primary N) is 1. The van der Waals surface area contributed by atoms with Crippen molar-refractivity contribution in [2.75, 3.05) is 24.7 Å². The number of imidazole rings is 1.